The first-order chi connectivity index (χ1) is 13.7. The minimum atomic E-state index is -0.619. The molecule has 0 radical (unpaired) electrons. The van der Waals surface area contributed by atoms with Crippen molar-refractivity contribution in [2.45, 2.75) is 66.0 Å². The number of hydrogen-bond acceptors (Lipinski definition) is 5. The molecule has 2 aromatic rings. The fourth-order valence-electron chi connectivity index (χ4n) is 3.65. The van der Waals surface area contributed by atoms with Crippen LogP contribution in [0.2, 0.25) is 0 Å². The number of fused-ring (bicyclic) bond motifs is 1. The molecule has 2 aromatic heterocycles. The number of amides is 1. The first-order valence-electron chi connectivity index (χ1n) is 10.1. The summed E-state index contributed by atoms with van der Waals surface area (Å²) in [5, 5.41) is 3.24. The van der Waals surface area contributed by atoms with Crippen molar-refractivity contribution in [3.8, 4) is 0 Å². The van der Waals surface area contributed by atoms with Crippen molar-refractivity contribution in [2.24, 2.45) is 0 Å². The summed E-state index contributed by atoms with van der Waals surface area (Å²) in [4.78, 5) is 32.4. The van der Waals surface area contributed by atoms with Gasteiger partial charge in [-0.05, 0) is 70.4 Å². The van der Waals surface area contributed by atoms with E-state index in [9.17, 15) is 9.59 Å². The minimum Gasteiger partial charge on any atom is -0.443 e. The van der Waals surface area contributed by atoms with Crippen molar-refractivity contribution in [1.29, 1.82) is 0 Å². The second-order valence-electron chi connectivity index (χ2n) is 8.32. The number of nitrogens with one attached hydrogen (secondary N) is 1. The van der Waals surface area contributed by atoms with E-state index in [1.54, 1.807) is 23.2 Å². The highest BCUT2D eigenvalue weighted by molar-refractivity contribution is 6.00. The van der Waals surface area contributed by atoms with E-state index in [0.29, 0.717) is 18.8 Å². The highest BCUT2D eigenvalue weighted by Crippen LogP contribution is 2.36. The summed E-state index contributed by atoms with van der Waals surface area (Å²) >= 11 is 0. The molecule has 0 aromatic carbocycles. The topological polar surface area (TPSA) is 76.5 Å². The van der Waals surface area contributed by atoms with Gasteiger partial charge in [0.2, 0.25) is 5.91 Å². The smallest absolute Gasteiger partial charge is 0.420 e. The summed E-state index contributed by atoms with van der Waals surface area (Å²) in [6.45, 7) is 12.6. The van der Waals surface area contributed by atoms with Crippen molar-refractivity contribution in [3.63, 3.8) is 0 Å². The number of aryl methyl sites for hydroxylation is 1. The molecule has 3 heterocycles. The van der Waals surface area contributed by atoms with Gasteiger partial charge in [0.15, 0.2) is 0 Å². The zero-order chi connectivity index (χ0) is 21.3. The molecule has 0 fully saturated rings. The Hall–Kier alpha value is -2.83. The first-order valence-corrected chi connectivity index (χ1v) is 10.1. The van der Waals surface area contributed by atoms with Crippen LogP contribution in [0, 0.1) is 6.92 Å². The van der Waals surface area contributed by atoms with Crippen LogP contribution in [-0.4, -0.2) is 33.7 Å². The maximum absolute atomic E-state index is 13.4. The molecule has 0 spiro atoms. The lowest BCUT2D eigenvalue weighted by molar-refractivity contribution is -0.120. The summed E-state index contributed by atoms with van der Waals surface area (Å²) in [7, 11) is 0. The third-order valence-corrected chi connectivity index (χ3v) is 4.95. The van der Waals surface area contributed by atoms with E-state index in [2.05, 4.69) is 5.32 Å². The lowest BCUT2D eigenvalue weighted by atomic mass is 9.89. The number of hydrogen-bond donors (Lipinski definition) is 1. The average molecular weight is 399 g/mol. The summed E-state index contributed by atoms with van der Waals surface area (Å²) < 4.78 is 6.90. The normalized spacial score (nSPS) is 16.6. The molecule has 156 valence electrons. The summed E-state index contributed by atoms with van der Waals surface area (Å²) in [5.41, 5.74) is 2.33. The van der Waals surface area contributed by atoms with Gasteiger partial charge in [-0.15, -0.1) is 0 Å². The van der Waals surface area contributed by atoms with E-state index in [4.69, 9.17) is 9.72 Å². The molecule has 0 aliphatic carbocycles. The molecule has 0 saturated heterocycles. The Kier molecular flexibility index (Phi) is 5.68. The third kappa shape index (κ3) is 4.13. The molecule has 1 aliphatic heterocycles. The van der Waals surface area contributed by atoms with Gasteiger partial charge in [0.1, 0.15) is 17.2 Å². The van der Waals surface area contributed by atoms with Crippen LogP contribution in [0.5, 0.6) is 0 Å². The van der Waals surface area contributed by atoms with Crippen LogP contribution >= 0.6 is 0 Å². The van der Waals surface area contributed by atoms with Gasteiger partial charge in [0, 0.05) is 12.7 Å². The largest absolute Gasteiger partial charge is 0.443 e. The van der Waals surface area contributed by atoms with E-state index in [1.807, 2.05) is 47.6 Å². The fourth-order valence-corrected chi connectivity index (χ4v) is 3.65. The van der Waals surface area contributed by atoms with E-state index >= 15 is 0 Å². The van der Waals surface area contributed by atoms with Crippen molar-refractivity contribution in [2.75, 3.05) is 16.8 Å². The van der Waals surface area contributed by atoms with E-state index in [0.717, 1.165) is 29.2 Å². The average Bonchev–Trinajstić information content (AvgIpc) is 3.10. The van der Waals surface area contributed by atoms with Gasteiger partial charge in [-0.1, -0.05) is 6.92 Å². The van der Waals surface area contributed by atoms with Crippen LogP contribution in [0.4, 0.5) is 16.4 Å². The van der Waals surface area contributed by atoms with Crippen LogP contribution in [0.25, 0.3) is 0 Å². The summed E-state index contributed by atoms with van der Waals surface area (Å²) in [6.07, 6.45) is 1.77. The number of pyridine rings is 1. The Balaban J connectivity index is 2.02. The highest BCUT2D eigenvalue weighted by atomic mass is 16.6. The van der Waals surface area contributed by atoms with Crippen LogP contribution in [0.3, 0.4) is 0 Å². The van der Waals surface area contributed by atoms with Crippen LogP contribution < -0.4 is 10.2 Å². The molecule has 1 atom stereocenters. The van der Waals surface area contributed by atoms with Gasteiger partial charge in [-0.25, -0.2) is 14.3 Å². The quantitative estimate of drug-likeness (QED) is 0.823. The molecular weight excluding hydrogens is 368 g/mol. The monoisotopic (exact) mass is 398 g/mol. The predicted octanol–water partition coefficient (Wildman–Crippen LogP) is 4.45. The maximum atomic E-state index is 13.4. The molecule has 0 bridgehead atoms. The SMILES string of the molecule is CCNc1cc(C)c2c(n1)C(CC)C(=O)N(c1cccn1C(=O)OC(C)(C)C)C2. The molecule has 3 rings (SSSR count). The summed E-state index contributed by atoms with van der Waals surface area (Å²) in [6, 6.07) is 5.54. The standard InChI is InChI=1S/C22H30N4O3/c1-7-15-19-16(14(3)12-17(24-19)23-8-2)13-26(20(15)27)18-10-9-11-25(18)21(28)29-22(4,5)6/h9-12,15H,7-8,13H2,1-6H3,(H,23,24). The van der Waals surface area contributed by atoms with Gasteiger partial charge < -0.3 is 10.1 Å². The first kappa shape index (κ1) is 20.9. The minimum absolute atomic E-state index is 0.0518. The Bertz CT molecular complexity index is 927. The molecule has 1 N–H and O–H groups in total. The van der Waals surface area contributed by atoms with Crippen LogP contribution in [-0.2, 0) is 16.1 Å². The molecule has 1 unspecified atom stereocenters. The predicted molar refractivity (Wildman–Crippen MR) is 113 cm³/mol. The number of rotatable bonds is 4. The van der Waals surface area contributed by atoms with E-state index < -0.39 is 11.7 Å². The van der Waals surface area contributed by atoms with Crippen LogP contribution in [0.15, 0.2) is 24.4 Å². The van der Waals surface area contributed by atoms with Gasteiger partial charge >= 0.3 is 6.09 Å². The molecule has 1 amide bonds. The third-order valence-electron chi connectivity index (χ3n) is 4.95. The molecule has 7 heteroatoms. The Morgan fingerprint density at radius 1 is 1.34 bits per heavy atom. The van der Waals surface area contributed by atoms with Gasteiger partial charge in [0.05, 0.1) is 18.2 Å². The molecule has 1 aliphatic rings. The second kappa shape index (κ2) is 7.89. The summed E-state index contributed by atoms with van der Waals surface area (Å²) in [5.74, 6) is 0.909. The molecule has 7 nitrogen and oxygen atoms in total. The lowest BCUT2D eigenvalue weighted by Crippen LogP contribution is -2.42. The second-order valence-corrected chi connectivity index (χ2v) is 8.32. The Labute approximate surface area is 172 Å². The number of aromatic nitrogens is 2. The number of anilines is 2. The van der Waals surface area contributed by atoms with Crippen LogP contribution in [0.1, 0.15) is 63.8 Å². The zero-order valence-electron chi connectivity index (χ0n) is 18.1. The molecule has 29 heavy (non-hydrogen) atoms. The van der Waals surface area contributed by atoms with Crippen molar-refractivity contribution >= 4 is 23.6 Å². The molecule has 0 saturated carbocycles. The van der Waals surface area contributed by atoms with Gasteiger partial charge in [-0.3, -0.25) is 9.69 Å². The number of carbonyl (C=O) groups excluding carboxylic acids is 2. The van der Waals surface area contributed by atoms with E-state index in [1.165, 1.54) is 4.57 Å². The van der Waals surface area contributed by atoms with Crippen molar-refractivity contribution in [1.82, 2.24) is 9.55 Å². The lowest BCUT2D eigenvalue weighted by Gasteiger charge is -2.34. The maximum Gasteiger partial charge on any atom is 0.420 e. The number of nitrogens with zero attached hydrogens (tertiary/aromatic N) is 3. The Morgan fingerprint density at radius 2 is 2.07 bits per heavy atom. The van der Waals surface area contributed by atoms with E-state index in [-0.39, 0.29) is 11.8 Å². The number of ether oxygens (including phenoxy) is 1. The highest BCUT2D eigenvalue weighted by Gasteiger charge is 2.37. The van der Waals surface area contributed by atoms with Crippen molar-refractivity contribution < 1.29 is 14.3 Å². The van der Waals surface area contributed by atoms with Crippen molar-refractivity contribution in [3.05, 3.63) is 41.2 Å². The fraction of sp³-hybridized carbons (Fsp3) is 0.500. The van der Waals surface area contributed by atoms with Gasteiger partial charge in [-0.2, -0.15) is 0 Å². The molecular formula is C22H30N4O3. The number of carbonyl (C=O) groups is 2. The zero-order valence-corrected chi connectivity index (χ0v) is 18.1. The van der Waals surface area contributed by atoms with Gasteiger partial charge in [0.25, 0.3) is 0 Å². The Morgan fingerprint density at radius 3 is 2.69 bits per heavy atom.